The molecule has 0 unspecified atom stereocenters. The van der Waals surface area contributed by atoms with Crippen LogP contribution in [0.5, 0.6) is 0 Å². The highest BCUT2D eigenvalue weighted by molar-refractivity contribution is 6.25. The first-order valence-electron chi connectivity index (χ1n) is 12.8. The zero-order chi connectivity index (χ0) is 24.9. The van der Waals surface area contributed by atoms with E-state index in [-0.39, 0.29) is 0 Å². The summed E-state index contributed by atoms with van der Waals surface area (Å²) >= 11 is 0. The predicted octanol–water partition coefficient (Wildman–Crippen LogP) is 8.77. The van der Waals surface area contributed by atoms with Gasteiger partial charge < -0.3 is 10.3 Å². The fraction of sp³-hybridized carbons (Fsp3) is 0.0588. The van der Waals surface area contributed by atoms with Gasteiger partial charge >= 0.3 is 0 Å². The summed E-state index contributed by atoms with van der Waals surface area (Å²) in [5.41, 5.74) is 12.5. The molecule has 0 atom stereocenters. The molecule has 3 nitrogen and oxygen atoms in total. The third-order valence-corrected chi connectivity index (χ3v) is 7.36. The van der Waals surface area contributed by atoms with Crippen LogP contribution in [0.25, 0.3) is 65.9 Å². The molecule has 2 aromatic heterocycles. The molecule has 0 aliphatic rings. The Labute approximate surface area is 215 Å². The lowest BCUT2D eigenvalue weighted by atomic mass is 10.0. The minimum atomic E-state index is 0.711. The van der Waals surface area contributed by atoms with E-state index in [0.29, 0.717) is 5.82 Å². The van der Waals surface area contributed by atoms with Crippen molar-refractivity contribution in [3.63, 3.8) is 0 Å². The van der Waals surface area contributed by atoms with Crippen LogP contribution in [0.15, 0.2) is 121 Å². The number of nitrogens with two attached hydrogens (primary N) is 1. The first kappa shape index (κ1) is 21.5. The Kier molecular flexibility index (Phi) is 4.90. The molecule has 2 N–H and O–H groups in total. The van der Waals surface area contributed by atoms with Crippen LogP contribution >= 0.6 is 0 Å². The zero-order valence-corrected chi connectivity index (χ0v) is 20.7. The number of allylic oxidation sites excluding steroid dienone is 3. The molecule has 7 rings (SSSR count). The molecule has 2 heterocycles. The molecule has 0 bridgehead atoms. The number of para-hydroxylation sites is 2. The van der Waals surface area contributed by atoms with Crippen molar-refractivity contribution in [2.45, 2.75) is 13.3 Å². The van der Waals surface area contributed by atoms with E-state index < -0.39 is 0 Å². The Morgan fingerprint density at radius 3 is 2.27 bits per heavy atom. The molecule has 0 spiro atoms. The first-order chi connectivity index (χ1) is 18.3. The van der Waals surface area contributed by atoms with Gasteiger partial charge in [-0.1, -0.05) is 85.8 Å². The van der Waals surface area contributed by atoms with Crippen LogP contribution in [0.3, 0.4) is 0 Å². The molecular weight excluding hydrogens is 450 g/mol. The van der Waals surface area contributed by atoms with E-state index >= 15 is 0 Å². The maximum atomic E-state index is 6.72. The van der Waals surface area contributed by atoms with Gasteiger partial charge in [-0.3, -0.25) is 4.57 Å². The van der Waals surface area contributed by atoms with Crippen molar-refractivity contribution in [2.75, 3.05) is 0 Å². The van der Waals surface area contributed by atoms with Gasteiger partial charge in [-0.25, -0.2) is 0 Å². The summed E-state index contributed by atoms with van der Waals surface area (Å²) in [5.74, 6) is 0.711. The Balaban J connectivity index is 1.70. The maximum Gasteiger partial charge on any atom is 0.108 e. The molecule has 0 amide bonds. The van der Waals surface area contributed by atoms with Gasteiger partial charge in [0.25, 0.3) is 0 Å². The molecule has 3 heteroatoms. The predicted molar refractivity (Wildman–Crippen MR) is 159 cm³/mol. The van der Waals surface area contributed by atoms with E-state index in [1.165, 1.54) is 43.4 Å². The Morgan fingerprint density at radius 2 is 1.43 bits per heavy atom. The van der Waals surface area contributed by atoms with Crippen LogP contribution in [-0.2, 0) is 0 Å². The average molecular weight is 478 g/mol. The largest absolute Gasteiger partial charge is 0.385 e. The van der Waals surface area contributed by atoms with Crippen molar-refractivity contribution in [1.82, 2.24) is 9.13 Å². The molecule has 0 saturated heterocycles. The number of fused-ring (bicyclic) bond motifs is 8. The van der Waals surface area contributed by atoms with Crippen molar-refractivity contribution in [2.24, 2.45) is 5.73 Å². The summed E-state index contributed by atoms with van der Waals surface area (Å²) in [7, 11) is 0. The van der Waals surface area contributed by atoms with Gasteiger partial charge in [0.15, 0.2) is 0 Å². The van der Waals surface area contributed by atoms with Gasteiger partial charge in [0.05, 0.1) is 22.1 Å². The van der Waals surface area contributed by atoms with Crippen LogP contribution in [0, 0.1) is 0 Å². The number of hydrogen-bond acceptors (Lipinski definition) is 1. The summed E-state index contributed by atoms with van der Waals surface area (Å²) in [6.07, 6.45) is 7.14. The minimum Gasteiger partial charge on any atom is -0.385 e. The molecule has 0 saturated carbocycles. The van der Waals surface area contributed by atoms with Gasteiger partial charge in [-0.05, 0) is 59.7 Å². The molecular formula is C34H27N3. The summed E-state index contributed by atoms with van der Waals surface area (Å²) in [5, 5.41) is 7.46. The molecule has 5 aromatic carbocycles. The van der Waals surface area contributed by atoms with E-state index in [1.54, 1.807) is 0 Å². The van der Waals surface area contributed by atoms with Crippen molar-refractivity contribution in [1.29, 1.82) is 0 Å². The van der Waals surface area contributed by atoms with Crippen molar-refractivity contribution < 1.29 is 0 Å². The quantitative estimate of drug-likeness (QED) is 0.253. The summed E-state index contributed by atoms with van der Waals surface area (Å²) < 4.78 is 4.57. The highest BCUT2D eigenvalue weighted by Gasteiger charge is 2.19. The number of aromatic nitrogens is 2. The zero-order valence-electron chi connectivity index (χ0n) is 20.7. The number of benzene rings is 5. The summed E-state index contributed by atoms with van der Waals surface area (Å²) in [6.45, 7) is 2.13. The normalized spacial score (nSPS) is 12.7. The molecule has 178 valence electrons. The number of rotatable bonds is 4. The van der Waals surface area contributed by atoms with E-state index in [2.05, 4.69) is 125 Å². The van der Waals surface area contributed by atoms with E-state index in [1.807, 2.05) is 12.2 Å². The monoisotopic (exact) mass is 477 g/mol. The van der Waals surface area contributed by atoms with Gasteiger partial charge in [0, 0.05) is 27.2 Å². The topological polar surface area (TPSA) is 35.9 Å². The van der Waals surface area contributed by atoms with Gasteiger partial charge in [-0.2, -0.15) is 0 Å². The highest BCUT2D eigenvalue weighted by atomic mass is 15.1. The lowest BCUT2D eigenvalue weighted by Crippen LogP contribution is -2.05. The van der Waals surface area contributed by atoms with Crippen LogP contribution in [0.1, 0.15) is 13.3 Å². The number of nitrogens with zero attached hydrogens (tertiary/aromatic N) is 2. The third kappa shape index (κ3) is 3.21. The van der Waals surface area contributed by atoms with E-state index in [4.69, 9.17) is 5.73 Å². The third-order valence-electron chi connectivity index (χ3n) is 7.36. The second-order valence-electron chi connectivity index (χ2n) is 9.52. The van der Waals surface area contributed by atoms with Gasteiger partial charge in [0.2, 0.25) is 0 Å². The minimum absolute atomic E-state index is 0.711. The summed E-state index contributed by atoms with van der Waals surface area (Å²) in [6, 6.07) is 37.0. The SMILES string of the molecule is CC/C=C\C=C(/N)n1c2ccccc2c2cc3c4c5ccccc5ccc4n(-c4ccccc4)c3cc21. The van der Waals surface area contributed by atoms with Crippen molar-refractivity contribution in [3.8, 4) is 5.69 Å². The second-order valence-corrected chi connectivity index (χ2v) is 9.52. The van der Waals surface area contributed by atoms with E-state index in [0.717, 1.165) is 23.1 Å². The van der Waals surface area contributed by atoms with Crippen LogP contribution < -0.4 is 5.73 Å². The second kappa shape index (κ2) is 8.42. The highest BCUT2D eigenvalue weighted by Crippen LogP contribution is 2.41. The smallest absolute Gasteiger partial charge is 0.108 e. The molecule has 0 aliphatic heterocycles. The molecule has 0 fully saturated rings. The van der Waals surface area contributed by atoms with Crippen LogP contribution in [0.4, 0.5) is 0 Å². The molecule has 0 aliphatic carbocycles. The molecule has 0 radical (unpaired) electrons. The fourth-order valence-electron chi connectivity index (χ4n) is 5.76. The summed E-state index contributed by atoms with van der Waals surface area (Å²) in [4.78, 5) is 0. The average Bonchev–Trinajstić information content (AvgIpc) is 3.44. The number of hydrogen-bond donors (Lipinski definition) is 1. The maximum absolute atomic E-state index is 6.72. The molecule has 37 heavy (non-hydrogen) atoms. The fourth-order valence-corrected chi connectivity index (χ4v) is 5.76. The Morgan fingerprint density at radius 1 is 0.676 bits per heavy atom. The lowest BCUT2D eigenvalue weighted by Gasteiger charge is -2.10. The Hall–Kier alpha value is -4.76. The van der Waals surface area contributed by atoms with Gasteiger partial charge in [-0.15, -0.1) is 0 Å². The first-order valence-corrected chi connectivity index (χ1v) is 12.8. The van der Waals surface area contributed by atoms with Crippen LogP contribution in [0.2, 0.25) is 0 Å². The van der Waals surface area contributed by atoms with E-state index in [9.17, 15) is 0 Å². The Bertz CT molecular complexity index is 2020. The van der Waals surface area contributed by atoms with Gasteiger partial charge in [0.1, 0.15) is 5.82 Å². The standard InChI is InChI=1S/C34H27N3/c1-2-3-5-18-33(35)37-29-17-11-10-16-26(29)27-21-28-32(22-31(27)37)36(24-13-6-4-7-14-24)30-20-19-23-12-8-9-15-25(23)34(28)30/h3-22H,2,35H2,1H3/b5-3-,33-18+. The van der Waals surface area contributed by atoms with Crippen molar-refractivity contribution >= 4 is 60.2 Å². The van der Waals surface area contributed by atoms with Crippen LogP contribution in [-0.4, -0.2) is 9.13 Å². The van der Waals surface area contributed by atoms with Crippen molar-refractivity contribution in [3.05, 3.63) is 121 Å². The lowest BCUT2D eigenvalue weighted by molar-refractivity contribution is 1.16. The molecule has 7 aromatic rings.